The average molecular weight is 431 g/mol. The Labute approximate surface area is 187 Å². The normalized spacial score (nSPS) is 11.6. The molecule has 0 saturated heterocycles. The summed E-state index contributed by atoms with van der Waals surface area (Å²) in [5, 5.41) is 0. The summed E-state index contributed by atoms with van der Waals surface area (Å²) in [5.74, 6) is 2.47. The van der Waals surface area contributed by atoms with Gasteiger partial charge >= 0.3 is 5.97 Å². The fourth-order valence-corrected chi connectivity index (χ4v) is 3.62. The molecule has 0 fully saturated rings. The average Bonchev–Trinajstić information content (AvgIpc) is 2.84. The Hall–Kier alpha value is -3.93. The maximum atomic E-state index is 11.2. The van der Waals surface area contributed by atoms with Gasteiger partial charge in [0.05, 0.1) is 32.2 Å². The van der Waals surface area contributed by atoms with E-state index in [-0.39, 0.29) is 0 Å². The second kappa shape index (κ2) is 9.47. The molecule has 0 unspecified atom stereocenters. The van der Waals surface area contributed by atoms with E-state index in [1.807, 2.05) is 36.4 Å². The molecule has 0 radical (unpaired) electrons. The Balaban J connectivity index is 1.61. The van der Waals surface area contributed by atoms with Crippen LogP contribution in [0.5, 0.6) is 23.0 Å². The third-order valence-corrected chi connectivity index (χ3v) is 5.25. The van der Waals surface area contributed by atoms with Crippen LogP contribution in [0.25, 0.3) is 0 Å². The highest BCUT2D eigenvalue weighted by molar-refractivity contribution is 5.87. The SMILES string of the molecule is C=CC(=O)OCCCc1ccc(N2c3ccc(OC)cc3Oc3cc(OC)ccc32)cc1. The minimum absolute atomic E-state index is 0.375. The quantitative estimate of drug-likeness (QED) is 0.195. The van der Waals surface area contributed by atoms with Crippen molar-refractivity contribution in [3.8, 4) is 23.0 Å². The number of rotatable bonds is 8. The molecule has 0 saturated carbocycles. The molecule has 6 nitrogen and oxygen atoms in total. The van der Waals surface area contributed by atoms with Crippen LogP contribution in [0.3, 0.4) is 0 Å². The molecule has 0 aliphatic carbocycles. The summed E-state index contributed by atoms with van der Waals surface area (Å²) in [6.07, 6.45) is 2.75. The van der Waals surface area contributed by atoms with Gasteiger partial charge in [0.1, 0.15) is 11.5 Å². The van der Waals surface area contributed by atoms with Gasteiger partial charge in [-0.15, -0.1) is 0 Å². The molecule has 6 heteroatoms. The topological polar surface area (TPSA) is 57.2 Å². The first kappa shape index (κ1) is 21.3. The Kier molecular flexibility index (Phi) is 6.31. The smallest absolute Gasteiger partial charge is 0.330 e. The summed E-state index contributed by atoms with van der Waals surface area (Å²) in [5.41, 5.74) is 4.02. The largest absolute Gasteiger partial charge is 0.497 e. The number of methoxy groups -OCH3 is 2. The minimum Gasteiger partial charge on any atom is -0.497 e. The number of fused-ring (bicyclic) bond motifs is 2. The van der Waals surface area contributed by atoms with Crippen molar-refractivity contribution in [2.45, 2.75) is 12.8 Å². The van der Waals surface area contributed by atoms with Gasteiger partial charge in [0.2, 0.25) is 0 Å². The van der Waals surface area contributed by atoms with E-state index >= 15 is 0 Å². The number of nitrogens with zero attached hydrogens (tertiary/aromatic N) is 1. The fourth-order valence-electron chi connectivity index (χ4n) is 3.62. The number of aryl methyl sites for hydroxylation is 1. The molecule has 164 valence electrons. The first-order chi connectivity index (χ1) is 15.6. The van der Waals surface area contributed by atoms with Crippen molar-refractivity contribution in [1.82, 2.24) is 0 Å². The molecule has 0 aromatic heterocycles. The minimum atomic E-state index is -0.391. The first-order valence-corrected chi connectivity index (χ1v) is 10.3. The maximum Gasteiger partial charge on any atom is 0.330 e. The van der Waals surface area contributed by atoms with E-state index in [0.717, 1.165) is 41.4 Å². The van der Waals surface area contributed by atoms with Gasteiger partial charge in [0.25, 0.3) is 0 Å². The Morgan fingerprint density at radius 3 is 2.06 bits per heavy atom. The van der Waals surface area contributed by atoms with Crippen LogP contribution in [0.1, 0.15) is 12.0 Å². The molecular formula is C26H25NO5. The second-order valence-corrected chi connectivity index (χ2v) is 7.25. The van der Waals surface area contributed by atoms with Crippen LogP contribution in [-0.4, -0.2) is 26.8 Å². The second-order valence-electron chi connectivity index (χ2n) is 7.25. The number of carbonyl (C=O) groups is 1. The third-order valence-electron chi connectivity index (χ3n) is 5.25. The molecule has 0 N–H and O–H groups in total. The third kappa shape index (κ3) is 4.39. The van der Waals surface area contributed by atoms with E-state index in [2.05, 4.69) is 35.7 Å². The molecule has 0 amide bonds. The maximum absolute atomic E-state index is 11.2. The van der Waals surface area contributed by atoms with Crippen LogP contribution in [0.15, 0.2) is 73.3 Å². The Morgan fingerprint density at radius 1 is 0.938 bits per heavy atom. The van der Waals surface area contributed by atoms with Crippen molar-refractivity contribution in [3.05, 3.63) is 78.9 Å². The fraction of sp³-hybridized carbons (Fsp3) is 0.192. The van der Waals surface area contributed by atoms with E-state index in [4.69, 9.17) is 18.9 Å². The van der Waals surface area contributed by atoms with E-state index in [0.29, 0.717) is 18.1 Å². The summed E-state index contributed by atoms with van der Waals surface area (Å²) in [6, 6.07) is 19.9. The number of anilines is 3. The van der Waals surface area contributed by atoms with E-state index in [1.54, 1.807) is 14.2 Å². The number of esters is 1. The van der Waals surface area contributed by atoms with E-state index < -0.39 is 5.97 Å². The molecule has 4 rings (SSSR count). The molecule has 0 spiro atoms. The molecule has 32 heavy (non-hydrogen) atoms. The van der Waals surface area contributed by atoms with Crippen molar-refractivity contribution >= 4 is 23.0 Å². The summed E-state index contributed by atoms with van der Waals surface area (Å²) in [4.78, 5) is 13.3. The van der Waals surface area contributed by atoms with Crippen LogP contribution < -0.4 is 19.1 Å². The summed E-state index contributed by atoms with van der Waals surface area (Å²) in [7, 11) is 3.27. The Bertz CT molecular complexity index is 1070. The van der Waals surface area contributed by atoms with Crippen LogP contribution in [0.2, 0.25) is 0 Å². The molecule has 3 aromatic carbocycles. The van der Waals surface area contributed by atoms with Gasteiger partial charge in [-0.25, -0.2) is 4.79 Å². The highest BCUT2D eigenvalue weighted by atomic mass is 16.5. The van der Waals surface area contributed by atoms with Crippen molar-refractivity contribution in [2.24, 2.45) is 0 Å². The lowest BCUT2D eigenvalue weighted by Gasteiger charge is -2.33. The zero-order valence-corrected chi connectivity index (χ0v) is 18.2. The zero-order valence-electron chi connectivity index (χ0n) is 18.2. The molecule has 1 aliphatic heterocycles. The molecule has 0 atom stereocenters. The summed E-state index contributed by atoms with van der Waals surface area (Å²) in [6.45, 7) is 3.78. The van der Waals surface area contributed by atoms with Gasteiger partial charge in [-0.1, -0.05) is 18.7 Å². The van der Waals surface area contributed by atoms with Gasteiger partial charge in [0.15, 0.2) is 11.5 Å². The number of carbonyl (C=O) groups excluding carboxylic acids is 1. The van der Waals surface area contributed by atoms with Crippen LogP contribution in [-0.2, 0) is 16.0 Å². The predicted molar refractivity (Wildman–Crippen MR) is 124 cm³/mol. The van der Waals surface area contributed by atoms with Gasteiger partial charge in [-0.3, -0.25) is 0 Å². The highest BCUT2D eigenvalue weighted by Gasteiger charge is 2.26. The van der Waals surface area contributed by atoms with Crippen molar-refractivity contribution < 1.29 is 23.7 Å². The predicted octanol–water partition coefficient (Wildman–Crippen LogP) is 5.94. The lowest BCUT2D eigenvalue weighted by Crippen LogP contribution is -2.16. The summed E-state index contributed by atoms with van der Waals surface area (Å²) >= 11 is 0. The first-order valence-electron chi connectivity index (χ1n) is 10.3. The number of ether oxygens (including phenoxy) is 4. The van der Waals surface area contributed by atoms with Crippen molar-refractivity contribution in [2.75, 3.05) is 25.7 Å². The lowest BCUT2D eigenvalue weighted by atomic mass is 10.1. The van der Waals surface area contributed by atoms with Crippen molar-refractivity contribution in [1.29, 1.82) is 0 Å². The van der Waals surface area contributed by atoms with Gasteiger partial charge in [-0.2, -0.15) is 0 Å². The van der Waals surface area contributed by atoms with Crippen molar-refractivity contribution in [3.63, 3.8) is 0 Å². The number of benzene rings is 3. The monoisotopic (exact) mass is 431 g/mol. The lowest BCUT2D eigenvalue weighted by molar-refractivity contribution is -0.137. The van der Waals surface area contributed by atoms with Gasteiger partial charge in [-0.05, 0) is 54.8 Å². The highest BCUT2D eigenvalue weighted by Crippen LogP contribution is 2.52. The zero-order chi connectivity index (χ0) is 22.5. The van der Waals surface area contributed by atoms with E-state index in [9.17, 15) is 4.79 Å². The summed E-state index contributed by atoms with van der Waals surface area (Å²) < 4.78 is 22.0. The Morgan fingerprint density at radius 2 is 1.53 bits per heavy atom. The molecule has 0 bridgehead atoms. The molecule has 1 aliphatic rings. The van der Waals surface area contributed by atoms with Gasteiger partial charge in [0, 0.05) is 23.9 Å². The van der Waals surface area contributed by atoms with E-state index in [1.165, 1.54) is 11.6 Å². The number of hydrogen-bond acceptors (Lipinski definition) is 6. The molecule has 3 aromatic rings. The van der Waals surface area contributed by atoms with Crippen LogP contribution >= 0.6 is 0 Å². The molecule has 1 heterocycles. The van der Waals surface area contributed by atoms with Gasteiger partial charge < -0.3 is 23.8 Å². The molecular weight excluding hydrogens is 406 g/mol. The standard InChI is InChI=1S/C26H25NO5/c1-4-26(28)31-15-5-6-18-7-9-19(10-8-18)27-22-13-11-20(29-2)16-24(22)32-25-17-21(30-3)12-14-23(25)27/h4,7-14,16-17H,1,5-6,15H2,2-3H3. The number of hydrogen-bond donors (Lipinski definition) is 0. The van der Waals surface area contributed by atoms with Crippen LogP contribution in [0.4, 0.5) is 17.1 Å². The van der Waals surface area contributed by atoms with Crippen LogP contribution in [0, 0.1) is 0 Å².